The number of rotatable bonds is 3. The molecule has 0 spiro atoms. The SMILES string of the molecule is COC(=O)[C@@H]1C[C@H](O)CN(Cc2ccccc2)C1. The van der Waals surface area contributed by atoms with Crippen LogP contribution in [0.4, 0.5) is 0 Å². The number of esters is 1. The third-order valence-corrected chi connectivity index (χ3v) is 3.29. The van der Waals surface area contributed by atoms with Crippen LogP contribution in [-0.4, -0.2) is 42.3 Å². The second-order valence-electron chi connectivity index (χ2n) is 4.79. The number of methoxy groups -OCH3 is 1. The van der Waals surface area contributed by atoms with Gasteiger partial charge in [0.15, 0.2) is 0 Å². The summed E-state index contributed by atoms with van der Waals surface area (Å²) >= 11 is 0. The molecule has 1 N–H and O–H groups in total. The first-order valence-corrected chi connectivity index (χ1v) is 6.21. The molecule has 0 amide bonds. The van der Waals surface area contributed by atoms with Crippen LogP contribution < -0.4 is 0 Å². The first-order chi connectivity index (χ1) is 8.69. The molecule has 18 heavy (non-hydrogen) atoms. The molecule has 4 nitrogen and oxygen atoms in total. The molecular weight excluding hydrogens is 230 g/mol. The second-order valence-corrected chi connectivity index (χ2v) is 4.79. The summed E-state index contributed by atoms with van der Waals surface area (Å²) in [5, 5.41) is 9.82. The van der Waals surface area contributed by atoms with Crippen molar-refractivity contribution in [3.05, 3.63) is 35.9 Å². The Kier molecular flexibility index (Phi) is 4.33. The summed E-state index contributed by atoms with van der Waals surface area (Å²) in [6, 6.07) is 10.1. The van der Waals surface area contributed by atoms with Gasteiger partial charge in [-0.3, -0.25) is 9.69 Å². The minimum atomic E-state index is -0.452. The lowest BCUT2D eigenvalue weighted by Crippen LogP contribution is -2.45. The number of ether oxygens (including phenoxy) is 1. The minimum absolute atomic E-state index is 0.220. The molecule has 1 aliphatic heterocycles. The van der Waals surface area contributed by atoms with E-state index >= 15 is 0 Å². The van der Waals surface area contributed by atoms with Crippen LogP contribution >= 0.6 is 0 Å². The molecule has 0 radical (unpaired) electrons. The summed E-state index contributed by atoms with van der Waals surface area (Å²) in [7, 11) is 1.39. The van der Waals surface area contributed by atoms with E-state index in [-0.39, 0.29) is 11.9 Å². The highest BCUT2D eigenvalue weighted by Gasteiger charge is 2.31. The fraction of sp³-hybridized carbons (Fsp3) is 0.500. The number of aliphatic hydroxyl groups is 1. The fourth-order valence-electron chi connectivity index (χ4n) is 2.47. The van der Waals surface area contributed by atoms with Crippen molar-refractivity contribution in [1.29, 1.82) is 0 Å². The molecule has 0 aliphatic carbocycles. The Morgan fingerprint density at radius 2 is 2.11 bits per heavy atom. The number of nitrogens with zero attached hydrogens (tertiary/aromatic N) is 1. The van der Waals surface area contributed by atoms with Crippen LogP contribution in [0.5, 0.6) is 0 Å². The quantitative estimate of drug-likeness (QED) is 0.813. The Hall–Kier alpha value is -1.39. The molecule has 0 unspecified atom stereocenters. The van der Waals surface area contributed by atoms with E-state index in [1.165, 1.54) is 12.7 Å². The van der Waals surface area contributed by atoms with Crippen LogP contribution in [0.15, 0.2) is 30.3 Å². The van der Waals surface area contributed by atoms with Crippen LogP contribution in [0.1, 0.15) is 12.0 Å². The Labute approximate surface area is 107 Å². The predicted molar refractivity (Wildman–Crippen MR) is 67.8 cm³/mol. The number of hydrogen-bond acceptors (Lipinski definition) is 4. The molecule has 1 heterocycles. The molecule has 0 bridgehead atoms. The van der Waals surface area contributed by atoms with Gasteiger partial charge >= 0.3 is 5.97 Å². The molecule has 2 atom stereocenters. The van der Waals surface area contributed by atoms with Gasteiger partial charge < -0.3 is 9.84 Å². The van der Waals surface area contributed by atoms with Gasteiger partial charge in [0.05, 0.1) is 19.1 Å². The molecular formula is C14H19NO3. The minimum Gasteiger partial charge on any atom is -0.469 e. The molecule has 2 rings (SSSR count). The van der Waals surface area contributed by atoms with Gasteiger partial charge in [-0.05, 0) is 12.0 Å². The van der Waals surface area contributed by atoms with Crippen molar-refractivity contribution >= 4 is 5.97 Å². The number of hydrogen-bond donors (Lipinski definition) is 1. The zero-order valence-corrected chi connectivity index (χ0v) is 10.6. The maximum Gasteiger partial charge on any atom is 0.310 e. The molecule has 98 valence electrons. The molecule has 1 aromatic carbocycles. The maximum absolute atomic E-state index is 11.6. The highest BCUT2D eigenvalue weighted by atomic mass is 16.5. The Balaban J connectivity index is 1.98. The van der Waals surface area contributed by atoms with Gasteiger partial charge in [0.2, 0.25) is 0 Å². The standard InChI is InChI=1S/C14H19NO3/c1-18-14(17)12-7-13(16)10-15(9-12)8-11-5-3-2-4-6-11/h2-6,12-13,16H,7-10H2,1H3/t12-,13+/m1/s1. The van der Waals surface area contributed by atoms with E-state index in [0.29, 0.717) is 19.5 Å². The van der Waals surface area contributed by atoms with Crippen LogP contribution in [0, 0.1) is 5.92 Å². The van der Waals surface area contributed by atoms with Crippen molar-refractivity contribution < 1.29 is 14.6 Å². The smallest absolute Gasteiger partial charge is 0.310 e. The van der Waals surface area contributed by atoms with Gasteiger partial charge in [-0.1, -0.05) is 30.3 Å². The van der Waals surface area contributed by atoms with Crippen LogP contribution in [0.3, 0.4) is 0 Å². The van der Waals surface area contributed by atoms with Gasteiger partial charge in [0.25, 0.3) is 0 Å². The van der Waals surface area contributed by atoms with E-state index in [1.54, 1.807) is 0 Å². The maximum atomic E-state index is 11.6. The van der Waals surface area contributed by atoms with Crippen molar-refractivity contribution in [2.45, 2.75) is 19.1 Å². The molecule has 0 saturated carbocycles. The van der Waals surface area contributed by atoms with E-state index in [9.17, 15) is 9.90 Å². The first kappa shape index (κ1) is 13.1. The van der Waals surface area contributed by atoms with Gasteiger partial charge in [-0.2, -0.15) is 0 Å². The number of aliphatic hydroxyl groups excluding tert-OH is 1. The lowest BCUT2D eigenvalue weighted by Gasteiger charge is -2.34. The summed E-state index contributed by atoms with van der Waals surface area (Å²) in [5.41, 5.74) is 1.19. The van der Waals surface area contributed by atoms with Crippen molar-refractivity contribution in [2.24, 2.45) is 5.92 Å². The van der Waals surface area contributed by atoms with E-state index < -0.39 is 6.10 Å². The van der Waals surface area contributed by atoms with E-state index in [0.717, 1.165) is 6.54 Å². The largest absolute Gasteiger partial charge is 0.469 e. The monoisotopic (exact) mass is 249 g/mol. The molecule has 1 aromatic rings. The van der Waals surface area contributed by atoms with Crippen molar-refractivity contribution in [3.8, 4) is 0 Å². The summed E-state index contributed by atoms with van der Waals surface area (Å²) in [4.78, 5) is 13.7. The second kappa shape index (κ2) is 5.98. The van der Waals surface area contributed by atoms with Crippen molar-refractivity contribution in [2.75, 3.05) is 20.2 Å². The van der Waals surface area contributed by atoms with Crippen molar-refractivity contribution in [3.63, 3.8) is 0 Å². The van der Waals surface area contributed by atoms with Gasteiger partial charge in [0, 0.05) is 19.6 Å². The number of carbonyl (C=O) groups is 1. The zero-order chi connectivity index (χ0) is 13.0. The Bertz CT molecular complexity index is 393. The molecule has 0 aromatic heterocycles. The summed E-state index contributed by atoms with van der Waals surface area (Å²) in [6.07, 6.45) is 0.0457. The Morgan fingerprint density at radius 1 is 1.39 bits per heavy atom. The third kappa shape index (κ3) is 3.31. The fourth-order valence-corrected chi connectivity index (χ4v) is 2.47. The lowest BCUT2D eigenvalue weighted by atomic mass is 9.95. The third-order valence-electron chi connectivity index (χ3n) is 3.29. The lowest BCUT2D eigenvalue weighted by molar-refractivity contribution is -0.149. The van der Waals surface area contributed by atoms with Crippen LogP contribution in [0.25, 0.3) is 0 Å². The van der Waals surface area contributed by atoms with Crippen LogP contribution in [0.2, 0.25) is 0 Å². The number of benzene rings is 1. The molecule has 1 fully saturated rings. The molecule has 1 saturated heterocycles. The van der Waals surface area contributed by atoms with E-state index in [4.69, 9.17) is 4.74 Å². The average Bonchev–Trinajstić information content (AvgIpc) is 2.38. The Morgan fingerprint density at radius 3 is 2.78 bits per heavy atom. The highest BCUT2D eigenvalue weighted by Crippen LogP contribution is 2.20. The zero-order valence-electron chi connectivity index (χ0n) is 10.6. The highest BCUT2D eigenvalue weighted by molar-refractivity contribution is 5.72. The molecule has 4 heteroatoms. The summed E-state index contributed by atoms with van der Waals surface area (Å²) < 4.78 is 4.76. The number of piperidine rings is 1. The van der Waals surface area contributed by atoms with E-state index in [2.05, 4.69) is 4.90 Å². The van der Waals surface area contributed by atoms with E-state index in [1.807, 2.05) is 30.3 Å². The van der Waals surface area contributed by atoms with Gasteiger partial charge in [0.1, 0.15) is 0 Å². The molecule has 1 aliphatic rings. The number of carbonyl (C=O) groups excluding carboxylic acids is 1. The summed E-state index contributed by atoms with van der Waals surface area (Å²) in [6.45, 7) is 2.02. The van der Waals surface area contributed by atoms with Crippen molar-refractivity contribution in [1.82, 2.24) is 4.90 Å². The predicted octanol–water partition coefficient (Wildman–Crippen LogP) is 1.04. The average molecular weight is 249 g/mol. The van der Waals surface area contributed by atoms with Crippen LogP contribution in [-0.2, 0) is 16.1 Å². The number of β-amino-alcohol motifs (C(OH)–C–C–N with tert-alkyl or cyclic N) is 1. The normalized spacial score (nSPS) is 24.8. The van der Waals surface area contributed by atoms with Gasteiger partial charge in [-0.25, -0.2) is 0 Å². The topological polar surface area (TPSA) is 49.8 Å². The number of likely N-dealkylation sites (tertiary alicyclic amines) is 1. The first-order valence-electron chi connectivity index (χ1n) is 6.21. The summed E-state index contributed by atoms with van der Waals surface area (Å²) in [5.74, 6) is -0.450. The van der Waals surface area contributed by atoms with Gasteiger partial charge in [-0.15, -0.1) is 0 Å².